The molecule has 1 atom stereocenters. The summed E-state index contributed by atoms with van der Waals surface area (Å²) in [6.07, 6.45) is -0.485. The Kier molecular flexibility index (Phi) is 5.27. The number of nitrogens with one attached hydrogen (secondary N) is 2. The van der Waals surface area contributed by atoms with Gasteiger partial charge in [0.05, 0.1) is 23.3 Å². The van der Waals surface area contributed by atoms with E-state index in [9.17, 15) is 14.7 Å². The molecular weight excluding hydrogens is 274 g/mol. The SMILES string of the molecule is Cc1cccc(NC(=O)NCC(C)(O)CC(=O)O)c1C#N. The number of carboxylic acids is 1. The Balaban J connectivity index is 2.65. The van der Waals surface area contributed by atoms with Crippen molar-refractivity contribution in [2.24, 2.45) is 0 Å². The number of hydrogen-bond acceptors (Lipinski definition) is 4. The number of nitrogens with zero attached hydrogens (tertiary/aromatic N) is 1. The fourth-order valence-electron chi connectivity index (χ4n) is 1.75. The summed E-state index contributed by atoms with van der Waals surface area (Å²) in [6.45, 7) is 2.84. The third-order valence-electron chi connectivity index (χ3n) is 2.79. The quantitative estimate of drug-likeness (QED) is 0.649. The van der Waals surface area contributed by atoms with E-state index in [1.54, 1.807) is 25.1 Å². The van der Waals surface area contributed by atoms with Crippen LogP contribution in [0.2, 0.25) is 0 Å². The fraction of sp³-hybridized carbons (Fsp3) is 0.357. The number of rotatable bonds is 5. The van der Waals surface area contributed by atoms with Gasteiger partial charge in [-0.2, -0.15) is 5.26 Å². The Bertz CT molecular complexity index is 590. The van der Waals surface area contributed by atoms with Crippen LogP contribution in [-0.2, 0) is 4.79 Å². The van der Waals surface area contributed by atoms with Crippen molar-refractivity contribution in [3.63, 3.8) is 0 Å². The predicted octanol–water partition coefficient (Wildman–Crippen LogP) is 1.21. The lowest BCUT2D eigenvalue weighted by Crippen LogP contribution is -2.43. The number of hydrogen-bond donors (Lipinski definition) is 4. The van der Waals surface area contributed by atoms with Crippen molar-refractivity contribution in [3.8, 4) is 6.07 Å². The first kappa shape index (κ1) is 16.5. The van der Waals surface area contributed by atoms with E-state index in [0.717, 1.165) is 5.56 Å². The molecule has 7 nitrogen and oxygen atoms in total. The van der Waals surface area contributed by atoms with Crippen LogP contribution in [0, 0.1) is 18.3 Å². The maximum absolute atomic E-state index is 11.7. The summed E-state index contributed by atoms with van der Waals surface area (Å²) in [5, 5.41) is 32.3. The number of nitriles is 1. The van der Waals surface area contributed by atoms with E-state index in [1.165, 1.54) is 6.92 Å². The van der Waals surface area contributed by atoms with E-state index in [0.29, 0.717) is 11.3 Å². The molecular formula is C14H17N3O4. The molecule has 1 unspecified atom stereocenters. The monoisotopic (exact) mass is 291 g/mol. The van der Waals surface area contributed by atoms with Crippen LogP contribution in [0.5, 0.6) is 0 Å². The summed E-state index contributed by atoms with van der Waals surface area (Å²) in [7, 11) is 0. The molecule has 0 saturated carbocycles. The normalized spacial score (nSPS) is 12.9. The van der Waals surface area contributed by atoms with Gasteiger partial charge in [0.1, 0.15) is 6.07 Å². The van der Waals surface area contributed by atoms with Crippen LogP contribution in [0.4, 0.5) is 10.5 Å². The largest absolute Gasteiger partial charge is 0.481 e. The Morgan fingerprint density at radius 1 is 1.43 bits per heavy atom. The number of aliphatic hydroxyl groups is 1. The maximum Gasteiger partial charge on any atom is 0.319 e. The fourth-order valence-corrected chi connectivity index (χ4v) is 1.75. The van der Waals surface area contributed by atoms with E-state index in [2.05, 4.69) is 10.6 Å². The molecule has 0 fully saturated rings. The van der Waals surface area contributed by atoms with Gasteiger partial charge in [-0.05, 0) is 25.5 Å². The number of aryl methyl sites for hydroxylation is 1. The van der Waals surface area contributed by atoms with Gasteiger partial charge in [-0.25, -0.2) is 4.79 Å². The van der Waals surface area contributed by atoms with Gasteiger partial charge in [-0.15, -0.1) is 0 Å². The molecule has 0 aromatic heterocycles. The van der Waals surface area contributed by atoms with Gasteiger partial charge in [0.25, 0.3) is 0 Å². The number of carboxylic acid groups (broad SMARTS) is 1. The maximum atomic E-state index is 11.7. The standard InChI is InChI=1S/C14H17N3O4/c1-9-4-3-5-11(10(9)7-15)17-13(20)16-8-14(2,21)6-12(18)19/h3-5,21H,6,8H2,1-2H3,(H,18,19)(H2,16,17,20). The number of amides is 2. The molecule has 0 aliphatic carbocycles. The number of aliphatic carboxylic acids is 1. The van der Waals surface area contributed by atoms with Crippen molar-refractivity contribution in [2.45, 2.75) is 25.9 Å². The molecule has 0 aliphatic rings. The average Bonchev–Trinajstić information content (AvgIpc) is 2.35. The van der Waals surface area contributed by atoms with Crippen LogP contribution in [0.25, 0.3) is 0 Å². The third kappa shape index (κ3) is 5.12. The van der Waals surface area contributed by atoms with Gasteiger partial charge in [0, 0.05) is 6.54 Å². The second kappa shape index (κ2) is 6.72. The highest BCUT2D eigenvalue weighted by Crippen LogP contribution is 2.18. The minimum absolute atomic E-state index is 0.223. The van der Waals surface area contributed by atoms with Crippen LogP contribution in [-0.4, -0.2) is 34.4 Å². The number of benzene rings is 1. The van der Waals surface area contributed by atoms with Gasteiger partial charge in [0.15, 0.2) is 0 Å². The van der Waals surface area contributed by atoms with E-state index in [1.807, 2.05) is 6.07 Å². The lowest BCUT2D eigenvalue weighted by atomic mass is 10.0. The molecule has 1 aromatic carbocycles. The highest BCUT2D eigenvalue weighted by molar-refractivity contribution is 5.91. The first-order valence-corrected chi connectivity index (χ1v) is 6.24. The Morgan fingerprint density at radius 3 is 2.67 bits per heavy atom. The van der Waals surface area contributed by atoms with E-state index in [4.69, 9.17) is 10.4 Å². The Hall–Kier alpha value is -2.59. The third-order valence-corrected chi connectivity index (χ3v) is 2.79. The second-order valence-electron chi connectivity index (χ2n) is 4.98. The molecule has 2 amide bonds. The van der Waals surface area contributed by atoms with Crippen molar-refractivity contribution >= 4 is 17.7 Å². The van der Waals surface area contributed by atoms with E-state index in [-0.39, 0.29) is 6.54 Å². The topological polar surface area (TPSA) is 122 Å². The number of anilines is 1. The molecule has 0 saturated heterocycles. The van der Waals surface area contributed by atoms with Crippen molar-refractivity contribution < 1.29 is 19.8 Å². The van der Waals surface area contributed by atoms with Crippen molar-refractivity contribution in [2.75, 3.05) is 11.9 Å². The van der Waals surface area contributed by atoms with Crippen LogP contribution in [0.15, 0.2) is 18.2 Å². The summed E-state index contributed by atoms with van der Waals surface area (Å²) in [5.74, 6) is -1.16. The molecule has 0 aliphatic heterocycles. The van der Waals surface area contributed by atoms with Crippen LogP contribution in [0.1, 0.15) is 24.5 Å². The molecule has 0 radical (unpaired) electrons. The van der Waals surface area contributed by atoms with Gasteiger partial charge >= 0.3 is 12.0 Å². The Labute approximate surface area is 122 Å². The molecule has 0 heterocycles. The smallest absolute Gasteiger partial charge is 0.319 e. The minimum Gasteiger partial charge on any atom is -0.481 e. The minimum atomic E-state index is -1.55. The molecule has 0 spiro atoms. The zero-order chi connectivity index (χ0) is 16.0. The number of carbonyl (C=O) groups is 2. The molecule has 4 N–H and O–H groups in total. The first-order chi connectivity index (χ1) is 9.75. The highest BCUT2D eigenvalue weighted by Gasteiger charge is 2.24. The van der Waals surface area contributed by atoms with Gasteiger partial charge in [0.2, 0.25) is 0 Å². The molecule has 1 rings (SSSR count). The predicted molar refractivity (Wildman–Crippen MR) is 75.8 cm³/mol. The summed E-state index contributed by atoms with van der Waals surface area (Å²) in [6, 6.07) is 6.41. The molecule has 0 bridgehead atoms. The lowest BCUT2D eigenvalue weighted by molar-refractivity contribution is -0.141. The van der Waals surface area contributed by atoms with Gasteiger partial charge < -0.3 is 20.8 Å². The highest BCUT2D eigenvalue weighted by atomic mass is 16.4. The van der Waals surface area contributed by atoms with Crippen molar-refractivity contribution in [3.05, 3.63) is 29.3 Å². The molecule has 21 heavy (non-hydrogen) atoms. The van der Waals surface area contributed by atoms with Gasteiger partial charge in [-0.3, -0.25) is 4.79 Å². The van der Waals surface area contributed by atoms with E-state index < -0.39 is 24.0 Å². The summed E-state index contributed by atoms with van der Waals surface area (Å²) >= 11 is 0. The molecule has 112 valence electrons. The van der Waals surface area contributed by atoms with Crippen molar-refractivity contribution in [1.29, 1.82) is 5.26 Å². The van der Waals surface area contributed by atoms with Crippen molar-refractivity contribution in [1.82, 2.24) is 5.32 Å². The summed E-state index contributed by atoms with van der Waals surface area (Å²) in [5.41, 5.74) is -0.112. The molecule has 7 heteroatoms. The van der Waals surface area contributed by atoms with Crippen LogP contribution >= 0.6 is 0 Å². The second-order valence-corrected chi connectivity index (χ2v) is 4.98. The molecule has 1 aromatic rings. The zero-order valence-electron chi connectivity index (χ0n) is 11.8. The van der Waals surface area contributed by atoms with E-state index >= 15 is 0 Å². The zero-order valence-corrected chi connectivity index (χ0v) is 11.8. The van der Waals surface area contributed by atoms with Crippen LogP contribution in [0.3, 0.4) is 0 Å². The lowest BCUT2D eigenvalue weighted by Gasteiger charge is -2.21. The van der Waals surface area contributed by atoms with Crippen LogP contribution < -0.4 is 10.6 Å². The summed E-state index contributed by atoms with van der Waals surface area (Å²) < 4.78 is 0. The Morgan fingerprint density at radius 2 is 2.10 bits per heavy atom. The number of urea groups is 1. The average molecular weight is 291 g/mol. The summed E-state index contributed by atoms with van der Waals surface area (Å²) in [4.78, 5) is 22.3. The number of carbonyl (C=O) groups excluding carboxylic acids is 1. The van der Waals surface area contributed by atoms with Gasteiger partial charge in [-0.1, -0.05) is 12.1 Å². The first-order valence-electron chi connectivity index (χ1n) is 6.24.